The summed E-state index contributed by atoms with van der Waals surface area (Å²) in [5.41, 5.74) is 11.6. The second kappa shape index (κ2) is 11.2. The Balaban J connectivity index is 5.83. The second-order valence-electron chi connectivity index (χ2n) is 10.4. The van der Waals surface area contributed by atoms with Gasteiger partial charge in [0, 0.05) is 5.22 Å². The predicted octanol–water partition coefficient (Wildman–Crippen LogP) is 5.64. The first-order valence-corrected chi connectivity index (χ1v) is 20.8. The summed E-state index contributed by atoms with van der Waals surface area (Å²) >= 11 is 0. The summed E-state index contributed by atoms with van der Waals surface area (Å²) in [6.45, 7) is 25.2. The van der Waals surface area contributed by atoms with Gasteiger partial charge >= 0.3 is 0 Å². The summed E-state index contributed by atoms with van der Waals surface area (Å²) in [7, 11) is -5.55. The molecule has 0 bridgehead atoms. The maximum absolute atomic E-state index is 7.27. The lowest BCUT2D eigenvalue weighted by atomic mass is 10.2. The van der Waals surface area contributed by atoms with Crippen LogP contribution in [0, 0.1) is 0 Å². The highest BCUT2D eigenvalue weighted by Gasteiger charge is 2.55. The first kappa shape index (κ1) is 28.5. The van der Waals surface area contributed by atoms with Crippen molar-refractivity contribution in [3.63, 3.8) is 0 Å². The smallest absolute Gasteiger partial charge is 0.217 e. The van der Waals surface area contributed by atoms with Crippen molar-refractivity contribution in [1.82, 2.24) is 0 Å². The maximum Gasteiger partial charge on any atom is 0.217 e. The van der Waals surface area contributed by atoms with Gasteiger partial charge in [0.05, 0.1) is 13.3 Å². The monoisotopic (exact) mass is 448 g/mol. The molecule has 7 heteroatoms. The minimum absolute atomic E-state index is 0.0419. The van der Waals surface area contributed by atoms with Crippen LogP contribution >= 0.6 is 0 Å². The lowest BCUT2D eigenvalue weighted by molar-refractivity contribution is 0.0614. The van der Waals surface area contributed by atoms with E-state index in [1.54, 1.807) is 0 Å². The molecule has 0 aromatic heterocycles. The Labute approximate surface area is 179 Å². The van der Waals surface area contributed by atoms with Crippen molar-refractivity contribution in [2.45, 2.75) is 122 Å². The zero-order valence-corrected chi connectivity index (χ0v) is 23.8. The molecule has 0 aliphatic rings. The molecule has 4 nitrogen and oxygen atoms in total. The van der Waals surface area contributed by atoms with Crippen LogP contribution in [0.3, 0.4) is 0 Å². The quantitative estimate of drug-likeness (QED) is 0.318. The molecule has 0 heterocycles. The van der Waals surface area contributed by atoms with Crippen LogP contribution in [0.15, 0.2) is 0 Å². The Kier molecular flexibility index (Phi) is 11.4. The Bertz CT molecular complexity index is 455. The molecule has 0 spiro atoms. The summed E-state index contributed by atoms with van der Waals surface area (Å²) in [6.07, 6.45) is 5.25. The van der Waals surface area contributed by atoms with Crippen molar-refractivity contribution in [3.05, 3.63) is 0 Å². The van der Waals surface area contributed by atoms with Crippen molar-refractivity contribution in [2.24, 2.45) is 11.5 Å². The third kappa shape index (κ3) is 7.03. The van der Waals surface area contributed by atoms with Crippen LogP contribution in [0.4, 0.5) is 0 Å². The molecule has 0 aromatic rings. The fourth-order valence-electron chi connectivity index (χ4n) is 4.63. The summed E-state index contributed by atoms with van der Waals surface area (Å²) in [5, 5.41) is -0.175. The standard InChI is InChI=1S/C21H52N2O2Si3/c1-11-20(4,26(5,6)18-14-16-22)24-28(9,10)21(12-2,13-3)25-27(7,8)19-15-17-23/h11-19,22-23H2,1-10H3/t20-/m0/s1. The second-order valence-corrected chi connectivity index (χ2v) is 24.1. The molecule has 0 unspecified atom stereocenters. The molecule has 0 saturated heterocycles. The molecule has 0 saturated carbocycles. The van der Waals surface area contributed by atoms with E-state index in [4.69, 9.17) is 20.3 Å². The van der Waals surface area contributed by atoms with Crippen LogP contribution in [0.1, 0.15) is 59.8 Å². The lowest BCUT2D eigenvalue weighted by Crippen LogP contribution is -2.67. The Morgan fingerprint density at radius 1 is 0.714 bits per heavy atom. The van der Waals surface area contributed by atoms with E-state index in [9.17, 15) is 0 Å². The van der Waals surface area contributed by atoms with Gasteiger partial charge in [0.25, 0.3) is 0 Å². The average Bonchev–Trinajstić information content (AvgIpc) is 2.62. The number of nitrogens with two attached hydrogens (primary N) is 2. The highest BCUT2D eigenvalue weighted by Crippen LogP contribution is 2.42. The van der Waals surface area contributed by atoms with Crippen molar-refractivity contribution < 1.29 is 8.85 Å². The average molecular weight is 449 g/mol. The number of hydrogen-bond acceptors (Lipinski definition) is 4. The van der Waals surface area contributed by atoms with Gasteiger partial charge in [-0.3, -0.25) is 0 Å². The SMILES string of the molecule is CCC(CC)(O[Si](C)(C)CCCN)[Si](C)(C)O[C@](C)(CC)[Si](C)(C)CCCN. The molecule has 170 valence electrons. The van der Waals surface area contributed by atoms with Crippen LogP contribution in [0.5, 0.6) is 0 Å². The van der Waals surface area contributed by atoms with Crippen LogP contribution in [0.25, 0.3) is 0 Å². The minimum atomic E-state index is -2.15. The van der Waals surface area contributed by atoms with Gasteiger partial charge in [0.1, 0.15) is 0 Å². The summed E-state index contributed by atoms with van der Waals surface area (Å²) in [6, 6.07) is 2.35. The molecule has 0 aliphatic carbocycles. The topological polar surface area (TPSA) is 70.5 Å². The molecule has 1 atom stereocenters. The van der Waals surface area contributed by atoms with E-state index in [0.717, 1.165) is 51.2 Å². The van der Waals surface area contributed by atoms with Crippen LogP contribution in [-0.4, -0.2) is 48.2 Å². The Morgan fingerprint density at radius 2 is 1.18 bits per heavy atom. The van der Waals surface area contributed by atoms with Crippen molar-refractivity contribution in [2.75, 3.05) is 13.1 Å². The molecular weight excluding hydrogens is 397 g/mol. The van der Waals surface area contributed by atoms with Crippen molar-refractivity contribution in [1.29, 1.82) is 0 Å². The maximum atomic E-state index is 7.27. The van der Waals surface area contributed by atoms with Gasteiger partial charge in [-0.05, 0) is 84.3 Å². The summed E-state index contributed by atoms with van der Waals surface area (Å²) in [4.78, 5) is 0. The molecule has 28 heavy (non-hydrogen) atoms. The fraction of sp³-hybridized carbons (Fsp3) is 1.00. The van der Waals surface area contributed by atoms with Gasteiger partial charge in [-0.2, -0.15) is 0 Å². The minimum Gasteiger partial charge on any atom is -0.412 e. The van der Waals surface area contributed by atoms with E-state index >= 15 is 0 Å². The van der Waals surface area contributed by atoms with Crippen molar-refractivity contribution >= 4 is 24.7 Å². The molecule has 0 fully saturated rings. The Hall–Kier alpha value is 0.491. The van der Waals surface area contributed by atoms with Gasteiger partial charge in [0.15, 0.2) is 8.32 Å². The largest absolute Gasteiger partial charge is 0.412 e. The van der Waals surface area contributed by atoms with Crippen LogP contribution in [-0.2, 0) is 8.85 Å². The van der Waals surface area contributed by atoms with E-state index in [1.807, 2.05) is 0 Å². The Morgan fingerprint density at radius 3 is 1.57 bits per heavy atom. The third-order valence-corrected chi connectivity index (χ3v) is 19.1. The fourth-order valence-corrected chi connectivity index (χ4v) is 16.6. The molecular formula is C21H52N2O2Si3. The van der Waals surface area contributed by atoms with E-state index < -0.39 is 24.7 Å². The van der Waals surface area contributed by atoms with Gasteiger partial charge in [-0.25, -0.2) is 0 Å². The number of rotatable bonds is 15. The summed E-state index contributed by atoms with van der Waals surface area (Å²) in [5.74, 6) is 0. The van der Waals surface area contributed by atoms with Crippen LogP contribution < -0.4 is 11.5 Å². The van der Waals surface area contributed by atoms with Crippen LogP contribution in [0.2, 0.25) is 51.4 Å². The van der Waals surface area contributed by atoms with Crippen molar-refractivity contribution in [3.8, 4) is 0 Å². The highest BCUT2D eigenvalue weighted by atomic mass is 28.4. The first-order chi connectivity index (χ1) is 12.7. The van der Waals surface area contributed by atoms with Gasteiger partial charge in [0.2, 0.25) is 8.32 Å². The van der Waals surface area contributed by atoms with E-state index in [1.165, 1.54) is 6.04 Å². The zero-order chi connectivity index (χ0) is 22.3. The normalized spacial score (nSPS) is 16.3. The number of hydrogen-bond donors (Lipinski definition) is 2. The molecule has 0 rings (SSSR count). The molecule has 0 amide bonds. The predicted molar refractivity (Wildman–Crippen MR) is 134 cm³/mol. The zero-order valence-electron chi connectivity index (χ0n) is 20.8. The summed E-state index contributed by atoms with van der Waals surface area (Å²) < 4.78 is 14.4. The van der Waals surface area contributed by atoms with Gasteiger partial charge in [-0.1, -0.05) is 39.9 Å². The molecule has 4 N–H and O–H groups in total. The van der Waals surface area contributed by atoms with E-state index in [-0.39, 0.29) is 10.4 Å². The highest BCUT2D eigenvalue weighted by molar-refractivity contribution is 6.82. The third-order valence-electron chi connectivity index (χ3n) is 7.29. The first-order valence-electron chi connectivity index (χ1n) is 11.5. The van der Waals surface area contributed by atoms with Gasteiger partial charge < -0.3 is 20.3 Å². The lowest BCUT2D eigenvalue weighted by Gasteiger charge is -2.54. The van der Waals surface area contributed by atoms with E-state index in [0.29, 0.717) is 0 Å². The molecule has 0 radical (unpaired) electrons. The molecule has 0 aliphatic heterocycles. The molecule has 0 aromatic carbocycles. The van der Waals surface area contributed by atoms with Gasteiger partial charge in [-0.15, -0.1) is 0 Å². The van der Waals surface area contributed by atoms with E-state index in [2.05, 4.69) is 67.0 Å².